The Morgan fingerprint density at radius 1 is 1.16 bits per heavy atom. The zero-order valence-electron chi connectivity index (χ0n) is 14.1. The second kappa shape index (κ2) is 5.72. The lowest BCUT2D eigenvalue weighted by Crippen LogP contribution is -2.46. The Hall–Kier alpha value is -2.63. The Morgan fingerprint density at radius 3 is 2.36 bits per heavy atom. The normalized spacial score (nSPS) is 30.6. The number of ether oxygens (including phenoxy) is 1. The number of carbonyl (C=O) groups excluding carboxylic acids is 3. The Kier molecular flexibility index (Phi) is 3.63. The van der Waals surface area contributed by atoms with Gasteiger partial charge in [-0.15, -0.1) is 0 Å². The van der Waals surface area contributed by atoms with Crippen LogP contribution in [0.1, 0.15) is 13.3 Å². The summed E-state index contributed by atoms with van der Waals surface area (Å²) in [6, 6.07) is 6.18. The third-order valence-corrected chi connectivity index (χ3v) is 5.64. The molecule has 1 aliphatic heterocycles. The summed E-state index contributed by atoms with van der Waals surface area (Å²) in [5.74, 6) is -0.591. The van der Waals surface area contributed by atoms with E-state index in [1.54, 1.807) is 31.2 Å². The number of nitrogens with zero attached hydrogens (tertiary/aromatic N) is 1. The SMILES string of the molecule is COc1ccccc1NC(=O)[C@@H](C)N1C(=O)[C@@H]2[C@@H](C1=O)[C@H]1C=C[C@H]2C1. The molecule has 130 valence electrons. The van der Waals surface area contributed by atoms with Gasteiger partial charge in [0.25, 0.3) is 0 Å². The van der Waals surface area contributed by atoms with Crippen LogP contribution >= 0.6 is 0 Å². The first kappa shape index (κ1) is 15.9. The zero-order valence-corrected chi connectivity index (χ0v) is 14.1. The molecule has 1 heterocycles. The van der Waals surface area contributed by atoms with Crippen LogP contribution in [-0.2, 0) is 14.4 Å². The number of rotatable bonds is 4. The fourth-order valence-electron chi connectivity index (χ4n) is 4.41. The largest absolute Gasteiger partial charge is 0.495 e. The van der Waals surface area contributed by atoms with Gasteiger partial charge in [-0.3, -0.25) is 19.3 Å². The number of fused-ring (bicyclic) bond motifs is 5. The van der Waals surface area contributed by atoms with E-state index in [4.69, 9.17) is 4.74 Å². The highest BCUT2D eigenvalue weighted by Gasteiger charge is 2.60. The number of methoxy groups -OCH3 is 1. The number of anilines is 1. The molecule has 3 aliphatic rings. The highest BCUT2D eigenvalue weighted by atomic mass is 16.5. The number of benzene rings is 1. The second-order valence-corrected chi connectivity index (χ2v) is 6.91. The lowest BCUT2D eigenvalue weighted by atomic mass is 9.85. The van der Waals surface area contributed by atoms with Gasteiger partial charge >= 0.3 is 0 Å². The number of para-hydroxylation sites is 2. The van der Waals surface area contributed by atoms with Crippen LogP contribution in [0.4, 0.5) is 5.69 Å². The fraction of sp³-hybridized carbons (Fsp3) is 0.421. The highest BCUT2D eigenvalue weighted by Crippen LogP contribution is 2.52. The smallest absolute Gasteiger partial charge is 0.247 e. The lowest BCUT2D eigenvalue weighted by molar-refractivity contribution is -0.146. The Labute approximate surface area is 145 Å². The molecule has 0 radical (unpaired) electrons. The monoisotopic (exact) mass is 340 g/mol. The predicted molar refractivity (Wildman–Crippen MR) is 90.7 cm³/mol. The third-order valence-electron chi connectivity index (χ3n) is 5.64. The molecule has 5 atom stereocenters. The first-order valence-corrected chi connectivity index (χ1v) is 8.52. The summed E-state index contributed by atoms with van der Waals surface area (Å²) in [5.41, 5.74) is 0.517. The maximum Gasteiger partial charge on any atom is 0.247 e. The van der Waals surface area contributed by atoms with Crippen LogP contribution in [0.15, 0.2) is 36.4 Å². The van der Waals surface area contributed by atoms with Gasteiger partial charge in [-0.25, -0.2) is 0 Å². The summed E-state index contributed by atoms with van der Waals surface area (Å²) in [5, 5.41) is 2.76. The molecule has 0 unspecified atom stereocenters. The van der Waals surface area contributed by atoms with Gasteiger partial charge in [0.2, 0.25) is 17.7 Å². The van der Waals surface area contributed by atoms with Crippen molar-refractivity contribution >= 4 is 23.4 Å². The fourth-order valence-corrected chi connectivity index (χ4v) is 4.41. The highest BCUT2D eigenvalue weighted by molar-refractivity contribution is 6.10. The molecular formula is C19H20N2O4. The van der Waals surface area contributed by atoms with E-state index in [1.165, 1.54) is 7.11 Å². The van der Waals surface area contributed by atoms with Gasteiger partial charge < -0.3 is 10.1 Å². The number of hydrogen-bond acceptors (Lipinski definition) is 4. The predicted octanol–water partition coefficient (Wildman–Crippen LogP) is 1.83. The lowest BCUT2D eigenvalue weighted by Gasteiger charge is -2.24. The summed E-state index contributed by atoms with van der Waals surface area (Å²) in [6.07, 6.45) is 4.96. The Morgan fingerprint density at radius 2 is 1.76 bits per heavy atom. The minimum absolute atomic E-state index is 0.140. The average molecular weight is 340 g/mol. The van der Waals surface area contributed by atoms with Crippen LogP contribution in [0.3, 0.4) is 0 Å². The number of amides is 3. The second-order valence-electron chi connectivity index (χ2n) is 6.91. The molecule has 6 nitrogen and oxygen atoms in total. The molecule has 2 bridgehead atoms. The van der Waals surface area contributed by atoms with Gasteiger partial charge in [-0.05, 0) is 37.3 Å². The minimum Gasteiger partial charge on any atom is -0.495 e. The molecule has 1 N–H and O–H groups in total. The molecule has 1 saturated heterocycles. The first-order chi connectivity index (χ1) is 12.0. The first-order valence-electron chi connectivity index (χ1n) is 8.52. The van der Waals surface area contributed by atoms with E-state index < -0.39 is 11.9 Å². The van der Waals surface area contributed by atoms with Gasteiger partial charge in [-0.2, -0.15) is 0 Å². The van der Waals surface area contributed by atoms with Crippen molar-refractivity contribution in [1.82, 2.24) is 4.90 Å². The Balaban J connectivity index is 1.53. The standard InChI is InChI=1S/C19H20N2O4/c1-10(17(22)20-13-5-3-4-6-14(13)25-2)21-18(23)15-11-7-8-12(9-11)16(15)19(21)24/h3-8,10-12,15-16H,9H2,1-2H3,(H,20,22)/t10-,11+,12+,15+,16+/m1/s1. The van der Waals surface area contributed by atoms with Gasteiger partial charge in [0.1, 0.15) is 11.8 Å². The number of likely N-dealkylation sites (tertiary alicyclic amines) is 1. The van der Waals surface area contributed by atoms with E-state index in [2.05, 4.69) is 5.32 Å². The molecule has 0 spiro atoms. The van der Waals surface area contributed by atoms with Gasteiger partial charge in [0.05, 0.1) is 24.6 Å². The van der Waals surface area contributed by atoms with Crippen molar-refractivity contribution < 1.29 is 19.1 Å². The number of hydrogen-bond donors (Lipinski definition) is 1. The summed E-state index contributed by atoms with van der Waals surface area (Å²) < 4.78 is 5.22. The van der Waals surface area contributed by atoms with E-state index in [0.717, 1.165) is 11.3 Å². The quantitative estimate of drug-likeness (QED) is 0.670. The van der Waals surface area contributed by atoms with E-state index in [9.17, 15) is 14.4 Å². The van der Waals surface area contributed by atoms with Crippen molar-refractivity contribution in [1.29, 1.82) is 0 Å². The third kappa shape index (κ3) is 2.27. The van der Waals surface area contributed by atoms with E-state index in [-0.39, 0.29) is 35.5 Å². The maximum atomic E-state index is 12.8. The van der Waals surface area contributed by atoms with Crippen molar-refractivity contribution in [3.63, 3.8) is 0 Å². The molecule has 1 saturated carbocycles. The van der Waals surface area contributed by atoms with Crippen LogP contribution < -0.4 is 10.1 Å². The Bertz CT molecular complexity index is 757. The van der Waals surface area contributed by atoms with Crippen LogP contribution in [0, 0.1) is 23.7 Å². The molecule has 2 fully saturated rings. The van der Waals surface area contributed by atoms with E-state index in [0.29, 0.717) is 11.4 Å². The molecule has 25 heavy (non-hydrogen) atoms. The van der Waals surface area contributed by atoms with Crippen LogP contribution in [0.25, 0.3) is 0 Å². The molecule has 0 aromatic heterocycles. The molecular weight excluding hydrogens is 320 g/mol. The van der Waals surface area contributed by atoms with Crippen LogP contribution in [0.2, 0.25) is 0 Å². The number of carbonyl (C=O) groups is 3. The summed E-state index contributed by atoms with van der Waals surface area (Å²) in [7, 11) is 1.52. The summed E-state index contributed by atoms with van der Waals surface area (Å²) in [6.45, 7) is 1.59. The van der Waals surface area contributed by atoms with Crippen molar-refractivity contribution in [2.75, 3.05) is 12.4 Å². The zero-order chi connectivity index (χ0) is 17.7. The van der Waals surface area contributed by atoms with Gasteiger partial charge in [0, 0.05) is 0 Å². The maximum absolute atomic E-state index is 12.8. The minimum atomic E-state index is -0.852. The van der Waals surface area contributed by atoms with Gasteiger partial charge in [0.15, 0.2) is 0 Å². The van der Waals surface area contributed by atoms with Crippen LogP contribution in [0.5, 0.6) is 5.75 Å². The molecule has 4 rings (SSSR count). The van der Waals surface area contributed by atoms with Crippen molar-refractivity contribution in [3.8, 4) is 5.75 Å². The van der Waals surface area contributed by atoms with Crippen LogP contribution in [-0.4, -0.2) is 35.8 Å². The average Bonchev–Trinajstić information content (AvgIpc) is 3.29. The topological polar surface area (TPSA) is 75.7 Å². The van der Waals surface area contributed by atoms with Crippen molar-refractivity contribution in [2.45, 2.75) is 19.4 Å². The number of allylic oxidation sites excluding steroid dienone is 2. The van der Waals surface area contributed by atoms with Crippen molar-refractivity contribution in [3.05, 3.63) is 36.4 Å². The van der Waals surface area contributed by atoms with Gasteiger partial charge in [-0.1, -0.05) is 24.3 Å². The number of imide groups is 1. The molecule has 2 aliphatic carbocycles. The van der Waals surface area contributed by atoms with E-state index in [1.807, 2.05) is 12.2 Å². The summed E-state index contributed by atoms with van der Waals surface area (Å²) >= 11 is 0. The molecule has 3 amide bonds. The molecule has 6 heteroatoms. The number of nitrogens with one attached hydrogen (secondary N) is 1. The molecule has 1 aromatic rings. The molecule has 1 aromatic carbocycles. The van der Waals surface area contributed by atoms with Crippen molar-refractivity contribution in [2.24, 2.45) is 23.7 Å². The summed E-state index contributed by atoms with van der Waals surface area (Å²) in [4.78, 5) is 39.3. The van der Waals surface area contributed by atoms with E-state index >= 15 is 0 Å².